The molecule has 0 aliphatic rings. The molecule has 0 spiro atoms. The quantitative estimate of drug-likeness (QED) is 0.734. The molecule has 138 valence electrons. The molecule has 0 unspecified atom stereocenters. The Balaban J connectivity index is 1.72. The zero-order valence-electron chi connectivity index (χ0n) is 14.5. The molecule has 0 fully saturated rings. The van der Waals surface area contributed by atoms with Gasteiger partial charge in [-0.3, -0.25) is 10.1 Å². The van der Waals surface area contributed by atoms with Crippen LogP contribution in [-0.4, -0.2) is 30.6 Å². The zero-order chi connectivity index (χ0) is 18.9. The molecule has 0 bridgehead atoms. The second-order valence-electron chi connectivity index (χ2n) is 5.58. The molecule has 0 saturated heterocycles. The van der Waals surface area contributed by atoms with Crippen LogP contribution in [0.1, 0.15) is 30.0 Å². The number of hydrogen-bond acceptors (Lipinski definition) is 6. The third-order valence-corrected chi connectivity index (χ3v) is 3.05. The Morgan fingerprint density at radius 2 is 1.85 bits per heavy atom. The number of urea groups is 1. The van der Waals surface area contributed by atoms with Crippen molar-refractivity contribution in [3.63, 3.8) is 0 Å². The molecule has 0 aliphatic heterocycles. The minimum Gasteiger partial charge on any atom is -0.491 e. The summed E-state index contributed by atoms with van der Waals surface area (Å²) in [5.74, 6) is -0.242. The van der Waals surface area contributed by atoms with Gasteiger partial charge in [0.25, 0.3) is 5.91 Å². The van der Waals surface area contributed by atoms with E-state index in [1.165, 1.54) is 18.4 Å². The van der Waals surface area contributed by atoms with Gasteiger partial charge in [-0.2, -0.15) is 0 Å². The van der Waals surface area contributed by atoms with Crippen LogP contribution in [0.15, 0.2) is 47.1 Å². The Morgan fingerprint density at radius 1 is 1.12 bits per heavy atom. The molecule has 1 aromatic heterocycles. The molecule has 2 rings (SSSR count). The number of benzene rings is 1. The van der Waals surface area contributed by atoms with Crippen molar-refractivity contribution in [2.24, 2.45) is 0 Å². The van der Waals surface area contributed by atoms with Gasteiger partial charge >= 0.3 is 12.0 Å². The lowest BCUT2D eigenvalue weighted by Gasteiger charge is -2.10. The lowest BCUT2D eigenvalue weighted by Crippen LogP contribution is -2.41. The van der Waals surface area contributed by atoms with E-state index in [1.807, 2.05) is 13.8 Å². The third kappa shape index (κ3) is 6.31. The predicted octanol–water partition coefficient (Wildman–Crippen LogP) is 2.25. The number of ether oxygens (including phenoxy) is 2. The lowest BCUT2D eigenvalue weighted by molar-refractivity contribution is -0.123. The molecule has 0 aliphatic carbocycles. The highest BCUT2D eigenvalue weighted by atomic mass is 16.5. The average Bonchev–Trinajstić information content (AvgIpc) is 3.11. The fourth-order valence-electron chi connectivity index (χ4n) is 1.94. The molecule has 8 heteroatoms. The lowest BCUT2D eigenvalue weighted by atomic mass is 10.2. The molecule has 2 aromatic rings. The summed E-state index contributed by atoms with van der Waals surface area (Å²) in [6, 6.07) is 9.00. The van der Waals surface area contributed by atoms with Crippen LogP contribution in [0.4, 0.5) is 4.79 Å². The van der Waals surface area contributed by atoms with Crippen LogP contribution in [0, 0.1) is 0 Å². The number of amides is 3. The van der Waals surface area contributed by atoms with Gasteiger partial charge in [0.05, 0.1) is 24.5 Å². The van der Waals surface area contributed by atoms with Crippen molar-refractivity contribution in [1.82, 2.24) is 10.6 Å². The number of furan rings is 1. The molecule has 3 amide bonds. The Bertz CT molecular complexity index is 738. The van der Waals surface area contributed by atoms with Gasteiger partial charge in [-0.05, 0) is 50.2 Å². The maximum Gasteiger partial charge on any atom is 0.338 e. The van der Waals surface area contributed by atoms with Gasteiger partial charge in [0.2, 0.25) is 0 Å². The van der Waals surface area contributed by atoms with Crippen molar-refractivity contribution >= 4 is 17.9 Å². The van der Waals surface area contributed by atoms with E-state index in [0.717, 1.165) is 0 Å². The molecule has 0 atom stereocenters. The summed E-state index contributed by atoms with van der Waals surface area (Å²) in [6.07, 6.45) is 1.50. The normalized spacial score (nSPS) is 10.3. The maximum atomic E-state index is 11.9. The number of esters is 1. The van der Waals surface area contributed by atoms with E-state index in [1.54, 1.807) is 24.3 Å². The first-order chi connectivity index (χ1) is 12.4. The highest BCUT2D eigenvalue weighted by molar-refractivity contribution is 5.97. The minimum atomic E-state index is -0.741. The first-order valence-corrected chi connectivity index (χ1v) is 7.98. The second kappa shape index (κ2) is 9.26. The summed E-state index contributed by atoms with van der Waals surface area (Å²) in [6.45, 7) is 3.35. The SMILES string of the molecule is CC(C)Oc1ccc(C(=O)OCC(=O)NC(=O)NCc2ccco2)cc1. The number of rotatable bonds is 7. The van der Waals surface area contributed by atoms with E-state index in [4.69, 9.17) is 13.9 Å². The highest BCUT2D eigenvalue weighted by Crippen LogP contribution is 2.14. The molecule has 1 heterocycles. The van der Waals surface area contributed by atoms with Gasteiger partial charge in [-0.25, -0.2) is 9.59 Å². The van der Waals surface area contributed by atoms with Crippen molar-refractivity contribution in [2.75, 3.05) is 6.61 Å². The van der Waals surface area contributed by atoms with Crippen LogP contribution in [0.3, 0.4) is 0 Å². The summed E-state index contributed by atoms with van der Waals surface area (Å²) < 4.78 is 15.4. The van der Waals surface area contributed by atoms with E-state index in [0.29, 0.717) is 11.5 Å². The van der Waals surface area contributed by atoms with Crippen LogP contribution < -0.4 is 15.4 Å². The van der Waals surface area contributed by atoms with E-state index in [-0.39, 0.29) is 18.2 Å². The molecule has 0 saturated carbocycles. The molecule has 8 nitrogen and oxygen atoms in total. The highest BCUT2D eigenvalue weighted by Gasteiger charge is 2.13. The van der Waals surface area contributed by atoms with E-state index >= 15 is 0 Å². The Labute approximate surface area is 150 Å². The maximum absolute atomic E-state index is 11.9. The van der Waals surface area contributed by atoms with E-state index in [9.17, 15) is 14.4 Å². The van der Waals surface area contributed by atoms with Gasteiger partial charge in [-0.15, -0.1) is 0 Å². The Morgan fingerprint density at radius 3 is 2.46 bits per heavy atom. The minimum absolute atomic E-state index is 0.0235. The van der Waals surface area contributed by atoms with E-state index in [2.05, 4.69) is 10.6 Å². The Hall–Kier alpha value is -3.29. The van der Waals surface area contributed by atoms with Crippen molar-refractivity contribution in [2.45, 2.75) is 26.5 Å². The monoisotopic (exact) mass is 360 g/mol. The van der Waals surface area contributed by atoms with Gasteiger partial charge in [0.1, 0.15) is 11.5 Å². The van der Waals surface area contributed by atoms with Crippen LogP contribution in [-0.2, 0) is 16.1 Å². The summed E-state index contributed by atoms with van der Waals surface area (Å²) in [4.78, 5) is 35.1. The summed E-state index contributed by atoms with van der Waals surface area (Å²) in [5, 5.41) is 4.49. The van der Waals surface area contributed by atoms with Crippen LogP contribution >= 0.6 is 0 Å². The molecule has 26 heavy (non-hydrogen) atoms. The summed E-state index contributed by atoms with van der Waals surface area (Å²) >= 11 is 0. The van der Waals surface area contributed by atoms with Crippen LogP contribution in [0.2, 0.25) is 0 Å². The first-order valence-electron chi connectivity index (χ1n) is 7.98. The zero-order valence-corrected chi connectivity index (χ0v) is 14.5. The van der Waals surface area contributed by atoms with Crippen LogP contribution in [0.5, 0.6) is 5.75 Å². The molecular formula is C18H20N2O6. The fraction of sp³-hybridized carbons (Fsp3) is 0.278. The van der Waals surface area contributed by atoms with E-state index < -0.39 is 24.5 Å². The van der Waals surface area contributed by atoms with Crippen molar-refractivity contribution in [3.8, 4) is 5.75 Å². The van der Waals surface area contributed by atoms with Crippen molar-refractivity contribution < 1.29 is 28.3 Å². The summed E-state index contributed by atoms with van der Waals surface area (Å²) in [5.41, 5.74) is 0.274. The van der Waals surface area contributed by atoms with Crippen molar-refractivity contribution in [1.29, 1.82) is 0 Å². The molecule has 1 aromatic carbocycles. The van der Waals surface area contributed by atoms with Crippen LogP contribution in [0.25, 0.3) is 0 Å². The largest absolute Gasteiger partial charge is 0.491 e. The molecular weight excluding hydrogens is 340 g/mol. The van der Waals surface area contributed by atoms with Gasteiger partial charge < -0.3 is 19.2 Å². The number of carbonyl (C=O) groups is 3. The average molecular weight is 360 g/mol. The number of nitrogens with one attached hydrogen (secondary N) is 2. The molecule has 2 N–H and O–H groups in total. The molecule has 0 radical (unpaired) electrons. The number of imide groups is 1. The second-order valence-corrected chi connectivity index (χ2v) is 5.58. The Kier molecular flexibility index (Phi) is 6.78. The number of hydrogen-bond donors (Lipinski definition) is 2. The first kappa shape index (κ1) is 19.0. The summed E-state index contributed by atoms with van der Waals surface area (Å²) in [7, 11) is 0. The van der Waals surface area contributed by atoms with Gasteiger partial charge in [0.15, 0.2) is 6.61 Å². The fourth-order valence-corrected chi connectivity index (χ4v) is 1.94. The predicted molar refractivity (Wildman–Crippen MR) is 91.6 cm³/mol. The third-order valence-electron chi connectivity index (χ3n) is 3.05. The smallest absolute Gasteiger partial charge is 0.338 e. The van der Waals surface area contributed by atoms with Gasteiger partial charge in [-0.1, -0.05) is 0 Å². The van der Waals surface area contributed by atoms with Gasteiger partial charge in [0, 0.05) is 0 Å². The standard InChI is InChI=1S/C18H20N2O6/c1-12(2)26-14-7-5-13(6-8-14)17(22)25-11-16(21)20-18(23)19-10-15-4-3-9-24-15/h3-9,12H,10-11H2,1-2H3,(H2,19,20,21,23). The van der Waals surface area contributed by atoms with Crippen molar-refractivity contribution in [3.05, 3.63) is 54.0 Å². The number of carbonyl (C=O) groups excluding carboxylic acids is 3. The topological polar surface area (TPSA) is 107 Å².